The molecule has 0 amide bonds. The lowest BCUT2D eigenvalue weighted by molar-refractivity contribution is 0.101. The normalized spacial score (nSPS) is 29.2. The Morgan fingerprint density at radius 1 is 1.16 bits per heavy atom. The van der Waals surface area contributed by atoms with Crippen LogP contribution in [0.3, 0.4) is 0 Å². The number of allylic oxidation sites excluding steroid dienone is 1. The zero-order chi connectivity index (χ0) is 31.0. The Labute approximate surface area is 259 Å². The average Bonchev–Trinajstić information content (AvgIpc) is 3.65. The van der Waals surface area contributed by atoms with Crippen molar-refractivity contribution in [1.82, 2.24) is 20.2 Å². The molecule has 4 saturated heterocycles. The van der Waals surface area contributed by atoms with Gasteiger partial charge < -0.3 is 20.1 Å². The third-order valence-electron chi connectivity index (χ3n) is 10.6. The van der Waals surface area contributed by atoms with Crippen LogP contribution in [0.1, 0.15) is 78.4 Å². The number of hydrogen-bond acceptors (Lipinski definition) is 8. The first kappa shape index (κ1) is 28.8. The molecule has 5 heterocycles. The number of carbonyl (C=O) groups is 1. The van der Waals surface area contributed by atoms with E-state index in [0.29, 0.717) is 48.6 Å². The standard InChI is InChI=1S/C34H36F3N5O3/c1-18(43)24-5-2-4-19-10-23(44)11-25(28(19)24)29-27(36)12-26-31(30(29)37)39-33(40-32(26)41-15-21-6-7-22(16-41)38-21)45-17-34-8-3-9-42(34)14-20(35)13-34/h2,4-5,10,12,20-22,25,38,44H,3,6-9,11,13-17H2,1H3/t20-,21?,22?,25?,34+/m1/s1. The summed E-state index contributed by atoms with van der Waals surface area (Å²) in [6, 6.07) is 6.81. The minimum absolute atomic E-state index is 0.0282. The van der Waals surface area contributed by atoms with Gasteiger partial charge in [0, 0.05) is 67.0 Å². The maximum Gasteiger partial charge on any atom is 0.319 e. The van der Waals surface area contributed by atoms with Gasteiger partial charge in [-0.05, 0) is 62.4 Å². The number of alkyl halides is 1. The maximum absolute atomic E-state index is 16.9. The summed E-state index contributed by atoms with van der Waals surface area (Å²) in [6.45, 7) is 4.04. The third-order valence-corrected chi connectivity index (χ3v) is 10.6. The first-order chi connectivity index (χ1) is 21.7. The van der Waals surface area contributed by atoms with E-state index in [0.717, 1.165) is 32.2 Å². The number of Topliss-reactive ketones (excluding diaryl/α,β-unsaturated/α-hetero) is 1. The van der Waals surface area contributed by atoms with Crippen molar-refractivity contribution >= 4 is 28.6 Å². The van der Waals surface area contributed by atoms with E-state index < -0.39 is 29.3 Å². The summed E-state index contributed by atoms with van der Waals surface area (Å²) >= 11 is 0. The minimum Gasteiger partial charge on any atom is -0.512 e. The SMILES string of the molecule is CC(=O)c1cccc2c1C(c1c(F)cc3c(N4CC5CCC(C4)N5)nc(OC[C@@]45CCCN4C[C@H](F)C5)nc3c1F)CC(O)=C2. The lowest BCUT2D eigenvalue weighted by Gasteiger charge is -2.35. The van der Waals surface area contributed by atoms with Crippen molar-refractivity contribution in [3.63, 3.8) is 0 Å². The first-order valence-electron chi connectivity index (χ1n) is 15.9. The minimum atomic E-state index is -0.946. The van der Waals surface area contributed by atoms with Crippen LogP contribution < -0.4 is 15.0 Å². The van der Waals surface area contributed by atoms with Crippen LogP contribution in [0.2, 0.25) is 0 Å². The molecule has 0 spiro atoms. The number of halogens is 3. The molecule has 2 N–H and O–H groups in total. The van der Waals surface area contributed by atoms with Gasteiger partial charge in [-0.3, -0.25) is 9.69 Å². The monoisotopic (exact) mass is 619 g/mol. The molecule has 4 fully saturated rings. The number of nitrogens with zero attached hydrogens (tertiary/aromatic N) is 4. The van der Waals surface area contributed by atoms with Gasteiger partial charge in [-0.2, -0.15) is 9.97 Å². The highest BCUT2D eigenvalue weighted by atomic mass is 19.1. The number of fused-ring (bicyclic) bond motifs is 5. The Balaban J connectivity index is 1.26. The lowest BCUT2D eigenvalue weighted by atomic mass is 9.77. The zero-order valence-corrected chi connectivity index (χ0v) is 25.2. The van der Waals surface area contributed by atoms with Crippen molar-refractivity contribution in [3.8, 4) is 6.01 Å². The highest BCUT2D eigenvalue weighted by molar-refractivity contribution is 5.97. The van der Waals surface area contributed by atoms with E-state index in [-0.39, 0.29) is 59.1 Å². The van der Waals surface area contributed by atoms with E-state index >= 15 is 8.78 Å². The summed E-state index contributed by atoms with van der Waals surface area (Å²) < 4.78 is 53.9. The number of nitrogens with one attached hydrogen (secondary N) is 1. The molecule has 8 rings (SSSR count). The fourth-order valence-electron chi connectivity index (χ4n) is 8.62. The number of aromatic nitrogens is 2. The fourth-order valence-corrected chi connectivity index (χ4v) is 8.62. The molecular weight excluding hydrogens is 583 g/mol. The van der Waals surface area contributed by atoms with E-state index in [1.165, 1.54) is 19.1 Å². The predicted octanol–water partition coefficient (Wildman–Crippen LogP) is 5.44. The van der Waals surface area contributed by atoms with Crippen LogP contribution in [0.15, 0.2) is 30.0 Å². The average molecular weight is 620 g/mol. The van der Waals surface area contributed by atoms with Gasteiger partial charge >= 0.3 is 6.01 Å². The van der Waals surface area contributed by atoms with E-state index in [1.54, 1.807) is 18.2 Å². The summed E-state index contributed by atoms with van der Waals surface area (Å²) in [5.41, 5.74) is 0.589. The molecule has 2 aromatic carbocycles. The van der Waals surface area contributed by atoms with Gasteiger partial charge in [-0.15, -0.1) is 0 Å². The Kier molecular flexibility index (Phi) is 6.83. The van der Waals surface area contributed by atoms with Crippen molar-refractivity contribution < 1.29 is 27.8 Å². The molecule has 3 unspecified atom stereocenters. The molecule has 5 atom stereocenters. The Morgan fingerprint density at radius 3 is 2.73 bits per heavy atom. The van der Waals surface area contributed by atoms with Gasteiger partial charge in [0.05, 0.1) is 11.3 Å². The quantitative estimate of drug-likeness (QED) is 0.353. The molecule has 8 nitrogen and oxygen atoms in total. The highest BCUT2D eigenvalue weighted by Crippen LogP contribution is 2.45. The highest BCUT2D eigenvalue weighted by Gasteiger charge is 2.49. The Hall–Kier alpha value is -3.70. The molecule has 236 valence electrons. The number of hydrogen-bond donors (Lipinski definition) is 2. The molecule has 5 aliphatic rings. The van der Waals surface area contributed by atoms with Gasteiger partial charge in [-0.25, -0.2) is 13.2 Å². The number of benzene rings is 2. The van der Waals surface area contributed by atoms with Gasteiger partial charge in [0.2, 0.25) is 0 Å². The van der Waals surface area contributed by atoms with Crippen LogP contribution in [0.4, 0.5) is 19.0 Å². The van der Waals surface area contributed by atoms with Crippen LogP contribution in [0.25, 0.3) is 17.0 Å². The molecule has 0 radical (unpaired) electrons. The number of aliphatic hydroxyl groups is 1. The van der Waals surface area contributed by atoms with Crippen molar-refractivity contribution in [2.45, 2.75) is 75.2 Å². The van der Waals surface area contributed by atoms with Crippen molar-refractivity contribution in [3.05, 3.63) is 63.9 Å². The van der Waals surface area contributed by atoms with E-state index in [2.05, 4.69) is 20.1 Å². The van der Waals surface area contributed by atoms with Gasteiger partial charge in [-0.1, -0.05) is 18.2 Å². The fraction of sp³-hybridized carbons (Fsp3) is 0.500. The van der Waals surface area contributed by atoms with Crippen molar-refractivity contribution in [2.75, 3.05) is 37.7 Å². The van der Waals surface area contributed by atoms with Crippen LogP contribution in [0.5, 0.6) is 6.01 Å². The number of anilines is 1. The maximum atomic E-state index is 16.9. The number of ketones is 1. The Bertz CT molecular complexity index is 1740. The second-order valence-electron chi connectivity index (χ2n) is 13.5. The molecule has 11 heteroatoms. The smallest absolute Gasteiger partial charge is 0.319 e. The molecule has 1 aliphatic carbocycles. The zero-order valence-electron chi connectivity index (χ0n) is 25.2. The number of ether oxygens (including phenoxy) is 1. The summed E-state index contributed by atoms with van der Waals surface area (Å²) in [4.78, 5) is 26.1. The summed E-state index contributed by atoms with van der Waals surface area (Å²) in [6.07, 6.45) is 4.69. The van der Waals surface area contributed by atoms with E-state index in [4.69, 9.17) is 9.72 Å². The third kappa shape index (κ3) is 4.77. The van der Waals surface area contributed by atoms with Gasteiger partial charge in [0.25, 0.3) is 0 Å². The number of piperazine rings is 1. The van der Waals surface area contributed by atoms with Crippen LogP contribution in [-0.2, 0) is 0 Å². The molecule has 1 aromatic heterocycles. The number of aliphatic hydroxyl groups excluding tert-OH is 1. The topological polar surface area (TPSA) is 90.8 Å². The van der Waals surface area contributed by atoms with Crippen molar-refractivity contribution in [1.29, 1.82) is 0 Å². The molecule has 4 aliphatic heterocycles. The summed E-state index contributed by atoms with van der Waals surface area (Å²) in [5, 5.41) is 14.5. The van der Waals surface area contributed by atoms with E-state index in [9.17, 15) is 14.3 Å². The number of carbonyl (C=O) groups excluding carboxylic acids is 1. The first-order valence-corrected chi connectivity index (χ1v) is 15.9. The van der Waals surface area contributed by atoms with Gasteiger partial charge in [0.15, 0.2) is 11.6 Å². The molecule has 45 heavy (non-hydrogen) atoms. The molecule has 2 bridgehead atoms. The second kappa shape index (κ2) is 10.7. The van der Waals surface area contributed by atoms with Crippen molar-refractivity contribution in [2.24, 2.45) is 0 Å². The summed E-state index contributed by atoms with van der Waals surface area (Å²) in [7, 11) is 0. The second-order valence-corrected chi connectivity index (χ2v) is 13.5. The largest absolute Gasteiger partial charge is 0.512 e. The molecular formula is C34H36F3N5O3. The number of rotatable bonds is 6. The Morgan fingerprint density at radius 2 is 1.96 bits per heavy atom. The van der Waals surface area contributed by atoms with Crippen LogP contribution >= 0.6 is 0 Å². The van der Waals surface area contributed by atoms with Gasteiger partial charge in [0.1, 0.15) is 29.9 Å². The molecule has 3 aromatic rings. The van der Waals surface area contributed by atoms with Crippen LogP contribution in [0, 0.1) is 11.6 Å². The molecule has 0 saturated carbocycles. The van der Waals surface area contributed by atoms with Crippen LogP contribution in [-0.4, -0.2) is 82.3 Å². The summed E-state index contributed by atoms with van der Waals surface area (Å²) in [5.74, 6) is -2.46. The lowest BCUT2D eigenvalue weighted by Crippen LogP contribution is -2.51. The predicted molar refractivity (Wildman–Crippen MR) is 164 cm³/mol. The van der Waals surface area contributed by atoms with E-state index in [1.807, 2.05) is 0 Å².